The fourth-order valence-corrected chi connectivity index (χ4v) is 2.93. The molecular formula is C25H25NO5. The Hall–Kier alpha value is -3.80. The molecule has 1 N–H and O–H groups in total. The van der Waals surface area contributed by atoms with Gasteiger partial charge in [0.1, 0.15) is 24.7 Å². The quantitative estimate of drug-likeness (QED) is 0.348. The van der Waals surface area contributed by atoms with Gasteiger partial charge in [0.2, 0.25) is 0 Å². The Balaban J connectivity index is 1.77. The third kappa shape index (κ3) is 7.19. The van der Waals surface area contributed by atoms with Gasteiger partial charge in [-0.15, -0.1) is 0 Å². The summed E-state index contributed by atoms with van der Waals surface area (Å²) in [6.45, 7) is 2.75. The molecule has 6 nitrogen and oxygen atoms in total. The number of oxime groups is 1. The van der Waals surface area contributed by atoms with Gasteiger partial charge in [0.25, 0.3) is 0 Å². The summed E-state index contributed by atoms with van der Waals surface area (Å²) in [5, 5.41) is 13.0. The summed E-state index contributed by atoms with van der Waals surface area (Å²) < 4.78 is 12.0. The lowest BCUT2D eigenvalue weighted by Crippen LogP contribution is -2.10. The van der Waals surface area contributed by atoms with Crippen molar-refractivity contribution in [2.24, 2.45) is 5.16 Å². The molecule has 3 aromatic carbocycles. The van der Waals surface area contributed by atoms with Crippen LogP contribution in [0.15, 0.2) is 84.0 Å². The molecule has 1 unspecified atom stereocenters. The lowest BCUT2D eigenvalue weighted by atomic mass is 10.1. The van der Waals surface area contributed by atoms with E-state index in [0.717, 1.165) is 11.1 Å². The maximum Gasteiger partial charge on any atom is 0.307 e. The van der Waals surface area contributed by atoms with Crippen LogP contribution < -0.4 is 9.47 Å². The van der Waals surface area contributed by atoms with Crippen molar-refractivity contribution in [3.05, 3.63) is 95.6 Å². The van der Waals surface area contributed by atoms with Gasteiger partial charge < -0.3 is 19.4 Å². The zero-order valence-corrected chi connectivity index (χ0v) is 17.3. The predicted octanol–water partition coefficient (Wildman–Crippen LogP) is 5.04. The number of benzene rings is 3. The van der Waals surface area contributed by atoms with Gasteiger partial charge in [0.15, 0.2) is 6.10 Å². The second kappa shape index (κ2) is 11.4. The van der Waals surface area contributed by atoms with Crippen molar-refractivity contribution in [2.45, 2.75) is 26.1 Å². The maximum absolute atomic E-state index is 11.0. The van der Waals surface area contributed by atoms with Gasteiger partial charge in [0, 0.05) is 5.56 Å². The fourth-order valence-electron chi connectivity index (χ4n) is 2.93. The highest BCUT2D eigenvalue weighted by Gasteiger charge is 2.14. The second-order valence-corrected chi connectivity index (χ2v) is 6.78. The van der Waals surface area contributed by atoms with Crippen molar-refractivity contribution >= 4 is 12.2 Å². The summed E-state index contributed by atoms with van der Waals surface area (Å²) in [5.74, 6) is 0.358. The van der Waals surface area contributed by atoms with Crippen LogP contribution >= 0.6 is 0 Å². The summed E-state index contributed by atoms with van der Waals surface area (Å²) in [6.07, 6.45) is 0.966. The molecule has 31 heavy (non-hydrogen) atoms. The van der Waals surface area contributed by atoms with Gasteiger partial charge in [-0.3, -0.25) is 4.79 Å². The van der Waals surface area contributed by atoms with Gasteiger partial charge in [-0.25, -0.2) is 0 Å². The third-order valence-electron chi connectivity index (χ3n) is 4.35. The van der Waals surface area contributed by atoms with E-state index < -0.39 is 12.1 Å². The number of nitrogens with zero attached hydrogens (tertiary/aromatic N) is 1. The highest BCUT2D eigenvalue weighted by molar-refractivity contribution is 5.70. The van der Waals surface area contributed by atoms with Crippen LogP contribution in [0.1, 0.15) is 29.7 Å². The van der Waals surface area contributed by atoms with E-state index in [9.17, 15) is 4.79 Å². The lowest BCUT2D eigenvalue weighted by Gasteiger charge is -2.17. The Kier molecular flexibility index (Phi) is 8.05. The van der Waals surface area contributed by atoms with Crippen LogP contribution in [0.3, 0.4) is 0 Å². The van der Waals surface area contributed by atoms with Crippen molar-refractivity contribution in [1.29, 1.82) is 0 Å². The van der Waals surface area contributed by atoms with Gasteiger partial charge in [-0.2, -0.15) is 0 Å². The number of hydrogen-bond acceptors (Lipinski definition) is 5. The van der Waals surface area contributed by atoms with Gasteiger partial charge >= 0.3 is 5.97 Å². The first kappa shape index (κ1) is 21.9. The first-order valence-electron chi connectivity index (χ1n) is 10.0. The fraction of sp³-hybridized carbons (Fsp3) is 0.200. The molecule has 0 amide bonds. The maximum atomic E-state index is 11.0. The topological polar surface area (TPSA) is 77.4 Å². The summed E-state index contributed by atoms with van der Waals surface area (Å²) in [4.78, 5) is 16.1. The van der Waals surface area contributed by atoms with Crippen LogP contribution in [0.5, 0.6) is 11.5 Å². The largest absolute Gasteiger partial charge is 0.489 e. The standard InChI is InChI=1S/C25H25NO5/c1-2-30-26-17-24(31-23-13-6-10-20(14-23)15-25(27)28)21-11-7-12-22(16-21)29-18-19-8-4-3-5-9-19/h3-14,16-17,24H,2,15,18H2,1H3,(H,27,28)/b26-17-. The minimum absolute atomic E-state index is 0.0717. The van der Waals surface area contributed by atoms with Crippen LogP contribution in [0.25, 0.3) is 0 Å². The molecule has 3 aromatic rings. The Labute approximate surface area is 181 Å². The van der Waals surface area contributed by atoms with E-state index in [4.69, 9.17) is 19.4 Å². The average Bonchev–Trinajstić information content (AvgIpc) is 2.78. The van der Waals surface area contributed by atoms with Crippen molar-refractivity contribution in [3.8, 4) is 11.5 Å². The molecule has 160 valence electrons. The zero-order chi connectivity index (χ0) is 21.9. The highest BCUT2D eigenvalue weighted by atomic mass is 16.6. The Morgan fingerprint density at radius 1 is 0.968 bits per heavy atom. The molecule has 0 radical (unpaired) electrons. The first-order chi connectivity index (χ1) is 15.1. The summed E-state index contributed by atoms with van der Waals surface area (Å²) in [5.41, 5.74) is 2.57. The number of hydrogen-bond donors (Lipinski definition) is 1. The monoisotopic (exact) mass is 419 g/mol. The lowest BCUT2D eigenvalue weighted by molar-refractivity contribution is -0.136. The molecule has 0 fully saturated rings. The first-order valence-corrected chi connectivity index (χ1v) is 10.0. The van der Waals surface area contributed by atoms with E-state index in [-0.39, 0.29) is 6.42 Å². The van der Waals surface area contributed by atoms with E-state index in [0.29, 0.717) is 30.3 Å². The van der Waals surface area contributed by atoms with Crippen molar-refractivity contribution in [2.75, 3.05) is 6.61 Å². The number of aliphatic carboxylic acids is 1. The number of rotatable bonds is 11. The van der Waals surface area contributed by atoms with Crippen LogP contribution in [0.2, 0.25) is 0 Å². The molecule has 0 aromatic heterocycles. The highest BCUT2D eigenvalue weighted by Crippen LogP contribution is 2.25. The zero-order valence-electron chi connectivity index (χ0n) is 17.3. The van der Waals surface area contributed by atoms with Crippen LogP contribution in [0.4, 0.5) is 0 Å². The van der Waals surface area contributed by atoms with Crippen molar-refractivity contribution < 1.29 is 24.2 Å². The van der Waals surface area contributed by atoms with Crippen molar-refractivity contribution in [3.63, 3.8) is 0 Å². The van der Waals surface area contributed by atoms with E-state index >= 15 is 0 Å². The molecule has 0 aliphatic heterocycles. The van der Waals surface area contributed by atoms with E-state index in [1.54, 1.807) is 30.5 Å². The van der Waals surface area contributed by atoms with Crippen LogP contribution in [-0.4, -0.2) is 23.9 Å². The number of carboxylic acids is 1. The molecule has 0 bridgehead atoms. The second-order valence-electron chi connectivity index (χ2n) is 6.78. The summed E-state index contributed by atoms with van der Waals surface area (Å²) in [7, 11) is 0. The summed E-state index contributed by atoms with van der Waals surface area (Å²) >= 11 is 0. The molecule has 3 rings (SSSR count). The molecular weight excluding hydrogens is 394 g/mol. The predicted molar refractivity (Wildman–Crippen MR) is 118 cm³/mol. The van der Waals surface area contributed by atoms with E-state index in [1.165, 1.54) is 0 Å². The molecule has 1 atom stereocenters. The van der Waals surface area contributed by atoms with Gasteiger partial charge in [-0.1, -0.05) is 59.8 Å². The smallest absolute Gasteiger partial charge is 0.307 e. The Bertz CT molecular complexity index is 1000. The van der Waals surface area contributed by atoms with E-state index in [2.05, 4.69) is 5.16 Å². The van der Waals surface area contributed by atoms with Crippen LogP contribution in [-0.2, 0) is 22.7 Å². The molecule has 0 saturated carbocycles. The summed E-state index contributed by atoms with van der Waals surface area (Å²) in [6, 6.07) is 24.5. The number of carbonyl (C=O) groups is 1. The minimum atomic E-state index is -0.894. The Morgan fingerprint density at radius 3 is 2.48 bits per heavy atom. The molecule has 0 aliphatic carbocycles. The molecule has 0 saturated heterocycles. The normalized spacial score (nSPS) is 11.8. The number of ether oxygens (including phenoxy) is 2. The van der Waals surface area contributed by atoms with Crippen molar-refractivity contribution in [1.82, 2.24) is 0 Å². The van der Waals surface area contributed by atoms with Gasteiger partial charge in [0.05, 0.1) is 12.6 Å². The Morgan fingerprint density at radius 2 is 1.71 bits per heavy atom. The molecule has 6 heteroatoms. The van der Waals surface area contributed by atoms with E-state index in [1.807, 2.05) is 61.5 Å². The third-order valence-corrected chi connectivity index (χ3v) is 4.35. The molecule has 0 aliphatic rings. The molecule has 0 heterocycles. The van der Waals surface area contributed by atoms with Gasteiger partial charge in [-0.05, 0) is 42.3 Å². The SMILES string of the molecule is CCO/N=C\C(Oc1cccc(CC(=O)O)c1)c1cccc(OCc2ccccc2)c1. The number of carboxylic acid groups (broad SMARTS) is 1. The molecule has 0 spiro atoms. The minimum Gasteiger partial charge on any atom is -0.489 e. The van der Waals surface area contributed by atoms with Crippen LogP contribution in [0, 0.1) is 0 Å². The average molecular weight is 419 g/mol.